The summed E-state index contributed by atoms with van der Waals surface area (Å²) in [6.45, 7) is 8.10. The molecule has 3 heterocycles. The van der Waals surface area contributed by atoms with Crippen LogP contribution in [0, 0.1) is 0 Å². The first-order valence-corrected chi connectivity index (χ1v) is 15.4. The summed E-state index contributed by atoms with van der Waals surface area (Å²) >= 11 is 1.19. The van der Waals surface area contributed by atoms with Gasteiger partial charge in [-0.05, 0) is 51.0 Å². The molecule has 1 atom stereocenters. The van der Waals surface area contributed by atoms with Crippen molar-refractivity contribution in [3.63, 3.8) is 0 Å². The van der Waals surface area contributed by atoms with E-state index in [1.165, 1.54) is 22.3 Å². The summed E-state index contributed by atoms with van der Waals surface area (Å²) in [5.41, 5.74) is 3.09. The van der Waals surface area contributed by atoms with Crippen LogP contribution in [0.25, 0.3) is 5.57 Å². The molecule has 5 rings (SSSR count). The van der Waals surface area contributed by atoms with Gasteiger partial charge in [-0.2, -0.15) is 0 Å². The molecule has 0 saturated heterocycles. The van der Waals surface area contributed by atoms with E-state index in [2.05, 4.69) is 6.92 Å². The Morgan fingerprint density at radius 2 is 1.74 bits per heavy atom. The van der Waals surface area contributed by atoms with E-state index < -0.39 is 12.0 Å². The zero-order chi connectivity index (χ0) is 30.0. The Morgan fingerprint density at radius 3 is 2.43 bits per heavy atom. The van der Waals surface area contributed by atoms with Gasteiger partial charge in [0.2, 0.25) is 0 Å². The number of carbonyl (C=O) groups is 2. The number of amides is 1. The van der Waals surface area contributed by atoms with E-state index in [0.29, 0.717) is 44.0 Å². The number of aromatic nitrogens is 1. The molecule has 0 unspecified atom stereocenters. The normalized spacial score (nSPS) is 17.3. The summed E-state index contributed by atoms with van der Waals surface area (Å²) in [6.07, 6.45) is 5.07. The van der Waals surface area contributed by atoms with Crippen molar-refractivity contribution in [2.45, 2.75) is 71.9 Å². The van der Waals surface area contributed by atoms with Gasteiger partial charge in [0.05, 0.1) is 41.8 Å². The van der Waals surface area contributed by atoms with E-state index in [0.717, 1.165) is 36.9 Å². The Labute approximate surface area is 249 Å². The second-order valence-electron chi connectivity index (χ2n) is 10.9. The smallest absolute Gasteiger partial charge is 0.338 e. The molecule has 9 heteroatoms. The fraction of sp³-hybridized carbons (Fsp3) is 0.394. The van der Waals surface area contributed by atoms with Gasteiger partial charge < -0.3 is 14.4 Å². The van der Waals surface area contributed by atoms with Gasteiger partial charge in [-0.3, -0.25) is 14.2 Å². The molecule has 42 heavy (non-hydrogen) atoms. The van der Waals surface area contributed by atoms with Crippen LogP contribution in [0.5, 0.6) is 5.75 Å². The minimum absolute atomic E-state index is 0.173. The van der Waals surface area contributed by atoms with E-state index in [1.54, 1.807) is 44.9 Å². The average molecular weight is 588 g/mol. The van der Waals surface area contributed by atoms with Gasteiger partial charge in [-0.15, -0.1) is 0 Å². The van der Waals surface area contributed by atoms with Crippen molar-refractivity contribution in [3.05, 3.63) is 90.6 Å². The lowest BCUT2D eigenvalue weighted by molar-refractivity contribution is -0.143. The number of esters is 1. The molecule has 2 aliphatic heterocycles. The Morgan fingerprint density at radius 1 is 1.02 bits per heavy atom. The second kappa shape index (κ2) is 12.5. The zero-order valence-corrected chi connectivity index (χ0v) is 25.6. The lowest BCUT2D eigenvalue weighted by Gasteiger charge is -2.25. The number of para-hydroxylation sites is 1. The Hall–Kier alpha value is -3.98. The number of unbranched alkanes of at least 4 members (excludes halogenated alkanes) is 4. The third-order valence-corrected chi connectivity index (χ3v) is 8.68. The molecule has 0 aliphatic carbocycles. The number of fused-ring (bicyclic) bond motifs is 2. The molecular weight excluding hydrogens is 550 g/mol. The van der Waals surface area contributed by atoms with Crippen molar-refractivity contribution in [2.24, 2.45) is 4.99 Å². The zero-order valence-electron chi connectivity index (χ0n) is 24.8. The lowest BCUT2D eigenvalue weighted by Crippen LogP contribution is -2.41. The van der Waals surface area contributed by atoms with Crippen molar-refractivity contribution >= 4 is 34.5 Å². The number of rotatable bonds is 10. The molecule has 0 radical (unpaired) electrons. The molecule has 0 saturated carbocycles. The number of allylic oxidation sites excluding steroid dienone is 1. The van der Waals surface area contributed by atoms with Crippen LogP contribution in [0.3, 0.4) is 0 Å². The fourth-order valence-corrected chi connectivity index (χ4v) is 6.74. The van der Waals surface area contributed by atoms with E-state index in [9.17, 15) is 14.4 Å². The maximum absolute atomic E-state index is 14.3. The molecule has 220 valence electrons. The van der Waals surface area contributed by atoms with Crippen LogP contribution in [0.4, 0.5) is 5.69 Å². The first kappa shape index (κ1) is 29.5. The van der Waals surface area contributed by atoms with Gasteiger partial charge in [0.1, 0.15) is 10.3 Å². The second-order valence-corrected chi connectivity index (χ2v) is 11.9. The van der Waals surface area contributed by atoms with Crippen molar-refractivity contribution in [2.75, 3.05) is 18.6 Å². The van der Waals surface area contributed by atoms with Crippen molar-refractivity contribution < 1.29 is 19.1 Å². The predicted molar refractivity (Wildman–Crippen MR) is 164 cm³/mol. The summed E-state index contributed by atoms with van der Waals surface area (Å²) in [7, 11) is 1.58. The maximum atomic E-state index is 14.3. The van der Waals surface area contributed by atoms with Gasteiger partial charge >= 0.3 is 5.97 Å². The third-order valence-electron chi connectivity index (χ3n) is 7.63. The van der Waals surface area contributed by atoms with Crippen molar-refractivity contribution in [1.29, 1.82) is 0 Å². The van der Waals surface area contributed by atoms with Gasteiger partial charge in [0.25, 0.3) is 11.5 Å². The molecule has 0 bridgehead atoms. The highest BCUT2D eigenvalue weighted by atomic mass is 32.1. The van der Waals surface area contributed by atoms with E-state index in [4.69, 9.17) is 14.5 Å². The summed E-state index contributed by atoms with van der Waals surface area (Å²) < 4.78 is 12.8. The van der Waals surface area contributed by atoms with Crippen molar-refractivity contribution in [1.82, 2.24) is 4.57 Å². The number of thiazole rings is 1. The van der Waals surface area contributed by atoms with Crippen LogP contribution in [-0.4, -0.2) is 36.2 Å². The number of nitrogens with zero attached hydrogens (tertiary/aromatic N) is 3. The predicted octanol–water partition coefficient (Wildman–Crippen LogP) is 4.88. The number of anilines is 1. The number of benzene rings is 2. The summed E-state index contributed by atoms with van der Waals surface area (Å²) in [6, 6.07) is 14.1. The largest absolute Gasteiger partial charge is 0.497 e. The van der Waals surface area contributed by atoms with Crippen LogP contribution in [0.2, 0.25) is 0 Å². The summed E-state index contributed by atoms with van der Waals surface area (Å²) in [4.78, 5) is 48.6. The molecule has 1 aromatic heterocycles. The first-order chi connectivity index (χ1) is 20.3. The number of methoxy groups -OCH3 is 1. The number of ether oxygens (including phenoxy) is 2. The Kier molecular flexibility index (Phi) is 8.77. The molecule has 2 aromatic carbocycles. The highest BCUT2D eigenvalue weighted by Gasteiger charge is 2.37. The van der Waals surface area contributed by atoms with Gasteiger partial charge in [0.15, 0.2) is 4.80 Å². The molecule has 3 aromatic rings. The van der Waals surface area contributed by atoms with Crippen LogP contribution < -0.4 is 24.5 Å². The lowest BCUT2D eigenvalue weighted by atomic mass is 9.95. The van der Waals surface area contributed by atoms with Crippen LogP contribution >= 0.6 is 11.3 Å². The van der Waals surface area contributed by atoms with Crippen molar-refractivity contribution in [3.8, 4) is 5.75 Å². The van der Waals surface area contributed by atoms with E-state index >= 15 is 0 Å². The fourth-order valence-electron chi connectivity index (χ4n) is 5.61. The molecule has 0 fully saturated rings. The van der Waals surface area contributed by atoms with E-state index in [-0.39, 0.29) is 17.6 Å². The number of carbonyl (C=O) groups excluding carboxylic acids is 2. The molecule has 2 aliphatic rings. The quantitative estimate of drug-likeness (QED) is 0.249. The summed E-state index contributed by atoms with van der Waals surface area (Å²) in [5.74, 6) is -0.0435. The van der Waals surface area contributed by atoms with Crippen LogP contribution in [-0.2, 0) is 14.3 Å². The van der Waals surface area contributed by atoms with Crippen LogP contribution in [0.1, 0.15) is 77.0 Å². The maximum Gasteiger partial charge on any atom is 0.338 e. The van der Waals surface area contributed by atoms with Gasteiger partial charge in [-0.25, -0.2) is 9.79 Å². The number of hydrogen-bond acceptors (Lipinski definition) is 7. The highest BCUT2D eigenvalue weighted by molar-refractivity contribution is 7.07. The average Bonchev–Trinajstić information content (AvgIpc) is 3.43. The van der Waals surface area contributed by atoms with E-state index in [1.807, 2.05) is 36.4 Å². The minimum atomic E-state index is -0.769. The monoisotopic (exact) mass is 587 g/mol. The molecule has 0 N–H and O–H groups in total. The van der Waals surface area contributed by atoms with Gasteiger partial charge in [-0.1, -0.05) is 74.3 Å². The minimum Gasteiger partial charge on any atom is -0.497 e. The van der Waals surface area contributed by atoms with Crippen LogP contribution in [0.15, 0.2) is 69.6 Å². The molecule has 0 spiro atoms. The molecule has 8 nitrogen and oxygen atoms in total. The topological polar surface area (TPSA) is 90.2 Å². The number of hydrogen-bond donors (Lipinski definition) is 0. The Balaban J connectivity index is 1.67. The summed E-state index contributed by atoms with van der Waals surface area (Å²) in [5, 5.41) is 0. The highest BCUT2D eigenvalue weighted by Crippen LogP contribution is 2.36. The third kappa shape index (κ3) is 5.45. The molecular formula is C33H37N3O5S. The standard InChI is InChI=1S/C33H37N3O5S/c1-6-7-8-9-12-19-35-25-14-11-10-13-24(25)27(30(35)37)29-31(38)36-28(22-15-17-23(40-5)18-16-22)26(32(39)41-20(2)3)21(4)34-33(36)42-29/h10-11,13-18,20,28H,6-9,12,19H2,1-5H3/b29-27-/t28-/m0/s1. The Bertz CT molecular complexity index is 1720. The van der Waals surface area contributed by atoms with Gasteiger partial charge in [0, 0.05) is 12.1 Å². The SMILES string of the molecule is CCCCCCCN1C(=O)/C(=c2\sc3n(c2=O)[C@@H](c2ccc(OC)cc2)C(C(=O)OC(C)C)=C(C)N=3)c2ccccc21. The first-order valence-electron chi connectivity index (χ1n) is 14.6. The molecule has 1 amide bonds.